The van der Waals surface area contributed by atoms with Crippen LogP contribution in [0, 0.1) is 0 Å². The van der Waals surface area contributed by atoms with Gasteiger partial charge in [-0.2, -0.15) is 0 Å². The van der Waals surface area contributed by atoms with Crippen LogP contribution in [-0.2, 0) is 28.5 Å². The van der Waals surface area contributed by atoms with Gasteiger partial charge in [0.15, 0.2) is 6.29 Å². The van der Waals surface area contributed by atoms with Crippen molar-refractivity contribution in [1.29, 1.82) is 0 Å². The monoisotopic (exact) mass is 615 g/mol. The summed E-state index contributed by atoms with van der Waals surface area (Å²) in [5, 5.41) is 2.90. The Morgan fingerprint density at radius 3 is 2.43 bits per heavy atom. The van der Waals surface area contributed by atoms with Crippen LogP contribution in [0.25, 0.3) is 0 Å². The van der Waals surface area contributed by atoms with E-state index in [0.29, 0.717) is 38.8 Å². The lowest BCUT2D eigenvalue weighted by atomic mass is 9.85. The summed E-state index contributed by atoms with van der Waals surface area (Å²) in [4.78, 5) is 29.4. The van der Waals surface area contributed by atoms with Gasteiger partial charge in [-0.05, 0) is 46.6 Å². The van der Waals surface area contributed by atoms with E-state index >= 15 is 0 Å². The highest BCUT2D eigenvalue weighted by Gasteiger charge is 2.53. The van der Waals surface area contributed by atoms with E-state index < -0.39 is 6.10 Å². The maximum absolute atomic E-state index is 12.6. The van der Waals surface area contributed by atoms with Crippen molar-refractivity contribution in [1.82, 2.24) is 15.1 Å². The quantitative estimate of drug-likeness (QED) is 0.230. The third-order valence-electron chi connectivity index (χ3n) is 9.33. The van der Waals surface area contributed by atoms with E-state index in [1.54, 1.807) is 17.9 Å². The number of rotatable bonds is 9. The molecule has 1 aliphatic carbocycles. The first-order chi connectivity index (χ1) is 21.1. The predicted octanol–water partition coefficient (Wildman–Crippen LogP) is 4.49. The van der Waals surface area contributed by atoms with Gasteiger partial charge in [0.1, 0.15) is 6.10 Å². The zero-order chi connectivity index (χ0) is 31.2. The molecule has 0 unspecified atom stereocenters. The smallest absolute Gasteiger partial charge is 0.410 e. The molecule has 5 aliphatic rings. The van der Waals surface area contributed by atoms with E-state index in [0.717, 1.165) is 38.1 Å². The van der Waals surface area contributed by atoms with Crippen LogP contribution >= 0.6 is 0 Å². The van der Waals surface area contributed by atoms with Crippen LogP contribution < -0.4 is 5.32 Å². The van der Waals surface area contributed by atoms with Crippen LogP contribution in [0.1, 0.15) is 79.1 Å². The van der Waals surface area contributed by atoms with Gasteiger partial charge in [0.05, 0.1) is 43.2 Å². The molecule has 2 amide bonds. The fourth-order valence-electron chi connectivity index (χ4n) is 6.97. The van der Waals surface area contributed by atoms with Crippen molar-refractivity contribution in [2.45, 2.75) is 121 Å². The molecule has 44 heavy (non-hydrogen) atoms. The van der Waals surface area contributed by atoms with E-state index in [1.165, 1.54) is 38.2 Å². The van der Waals surface area contributed by atoms with Gasteiger partial charge in [-0.1, -0.05) is 43.1 Å². The zero-order valence-electron chi connectivity index (χ0n) is 27.1. The van der Waals surface area contributed by atoms with E-state index in [-0.39, 0.29) is 41.6 Å². The Morgan fingerprint density at radius 1 is 1.05 bits per heavy atom. The van der Waals surface area contributed by atoms with Crippen LogP contribution in [0.3, 0.4) is 0 Å². The first-order valence-corrected chi connectivity index (χ1v) is 16.7. The molecule has 1 N–H and O–H groups in total. The summed E-state index contributed by atoms with van der Waals surface area (Å²) < 4.78 is 29.2. The number of nitrogens with zero attached hydrogens (tertiary/aromatic N) is 2. The van der Waals surface area contributed by atoms with Gasteiger partial charge in [0.2, 0.25) is 5.91 Å². The van der Waals surface area contributed by atoms with Gasteiger partial charge in [-0.3, -0.25) is 9.69 Å². The number of piperazine rings is 1. The molecular formula is C34H53N3O7. The molecule has 10 heteroatoms. The fraction of sp³-hybridized carbons (Fsp3) is 0.765. The minimum absolute atomic E-state index is 0.00875. The average molecular weight is 616 g/mol. The zero-order valence-corrected chi connectivity index (χ0v) is 27.1. The van der Waals surface area contributed by atoms with E-state index in [9.17, 15) is 9.59 Å². The largest absolute Gasteiger partial charge is 0.442 e. The van der Waals surface area contributed by atoms with E-state index in [4.69, 9.17) is 23.7 Å². The molecule has 0 aromatic carbocycles. The Hall–Kier alpha value is -2.24. The maximum Gasteiger partial charge on any atom is 0.410 e. The number of allylic oxidation sites excluding steroid dienone is 2. The number of epoxide rings is 1. The van der Waals surface area contributed by atoms with Gasteiger partial charge >= 0.3 is 6.09 Å². The molecule has 246 valence electrons. The highest BCUT2D eigenvalue weighted by molar-refractivity contribution is 5.87. The van der Waals surface area contributed by atoms with Crippen molar-refractivity contribution in [3.63, 3.8) is 0 Å². The SMILES string of the molecule is CC(/C=C/[C@@H]1C[C@]2(CO2)CC(C)(C)O1)=C\C[C@H]1OC[C@@H](NC(=O)/C=C\[C@H](C)OC(=O)N2CCN(C3CCCCC3)CC2)CO1. The van der Waals surface area contributed by atoms with Crippen LogP contribution in [0.2, 0.25) is 0 Å². The highest BCUT2D eigenvalue weighted by atomic mass is 16.7. The molecule has 4 heterocycles. The summed E-state index contributed by atoms with van der Waals surface area (Å²) in [6.07, 6.45) is 17.2. The number of carbonyl (C=O) groups is 2. The Morgan fingerprint density at radius 2 is 1.75 bits per heavy atom. The molecule has 1 spiro atoms. The van der Waals surface area contributed by atoms with Crippen LogP contribution in [0.15, 0.2) is 36.0 Å². The standard InChI is InChI=1S/C34H53N3O7/c1-25(10-13-29-20-34(24-42-34)23-33(3,4)44-29)11-15-31-40-21-27(22-41-31)35-30(38)14-12-26(2)43-32(39)37-18-16-36(17-19-37)28-8-6-5-7-9-28/h10-14,26-29,31H,5-9,15-24H2,1-4H3,(H,35,38)/b13-10+,14-12-,25-11+/t26-,27-,29+,31+,34+/m0/s1. The first-order valence-electron chi connectivity index (χ1n) is 16.7. The van der Waals surface area contributed by atoms with Gasteiger partial charge in [0, 0.05) is 57.6 Å². The topological polar surface area (TPSA) is 102 Å². The summed E-state index contributed by atoms with van der Waals surface area (Å²) in [5.74, 6) is -0.267. The molecular weight excluding hydrogens is 562 g/mol. The predicted molar refractivity (Wildman–Crippen MR) is 167 cm³/mol. The molecule has 0 aromatic rings. The maximum atomic E-state index is 12.6. The number of ether oxygens (including phenoxy) is 5. The lowest BCUT2D eigenvalue weighted by Gasteiger charge is -2.40. The molecule has 5 rings (SSSR count). The minimum Gasteiger partial charge on any atom is -0.442 e. The van der Waals surface area contributed by atoms with Crippen LogP contribution in [-0.4, -0.2) is 110 Å². The Balaban J connectivity index is 0.949. The molecule has 4 aliphatic heterocycles. The summed E-state index contributed by atoms with van der Waals surface area (Å²) in [6.45, 7) is 12.8. The molecule has 3 atom stereocenters. The highest BCUT2D eigenvalue weighted by Crippen LogP contribution is 2.46. The second-order valence-corrected chi connectivity index (χ2v) is 13.9. The van der Waals surface area contributed by atoms with Crippen molar-refractivity contribution in [3.05, 3.63) is 36.0 Å². The molecule has 0 bridgehead atoms. The van der Waals surface area contributed by atoms with Gasteiger partial charge < -0.3 is 33.9 Å². The first kappa shape index (κ1) is 33.1. The van der Waals surface area contributed by atoms with Crippen molar-refractivity contribution in [2.75, 3.05) is 46.0 Å². The molecule has 5 fully saturated rings. The number of carbonyl (C=O) groups excluding carboxylic acids is 2. The number of hydrogen-bond acceptors (Lipinski definition) is 8. The number of amides is 2. The molecule has 1 saturated carbocycles. The fourth-order valence-corrected chi connectivity index (χ4v) is 6.97. The Bertz CT molecular complexity index is 1060. The molecule has 4 saturated heterocycles. The van der Waals surface area contributed by atoms with Crippen molar-refractivity contribution in [2.24, 2.45) is 0 Å². The normalized spacial score (nSPS) is 32.7. The molecule has 0 radical (unpaired) electrons. The van der Waals surface area contributed by atoms with Gasteiger partial charge in [-0.15, -0.1) is 0 Å². The lowest BCUT2D eigenvalue weighted by Crippen LogP contribution is -2.52. The third-order valence-corrected chi connectivity index (χ3v) is 9.33. The summed E-state index contributed by atoms with van der Waals surface area (Å²) in [6, 6.07) is 0.429. The van der Waals surface area contributed by atoms with Crippen molar-refractivity contribution in [3.8, 4) is 0 Å². The molecule has 0 aromatic heterocycles. The second-order valence-electron chi connectivity index (χ2n) is 13.9. The van der Waals surface area contributed by atoms with Gasteiger partial charge in [0.25, 0.3) is 0 Å². The van der Waals surface area contributed by atoms with E-state index in [2.05, 4.69) is 49.2 Å². The Kier molecular flexibility index (Phi) is 11.2. The second kappa shape index (κ2) is 14.9. The van der Waals surface area contributed by atoms with Crippen molar-refractivity contribution < 1.29 is 33.3 Å². The average Bonchev–Trinajstić information content (AvgIpc) is 3.75. The number of nitrogens with one attached hydrogen (secondary N) is 1. The summed E-state index contributed by atoms with van der Waals surface area (Å²) in [5.41, 5.74) is 0.948. The van der Waals surface area contributed by atoms with E-state index in [1.807, 2.05) is 0 Å². The molecule has 10 nitrogen and oxygen atoms in total. The van der Waals surface area contributed by atoms with Crippen LogP contribution in [0.5, 0.6) is 0 Å². The van der Waals surface area contributed by atoms with Crippen molar-refractivity contribution >= 4 is 12.0 Å². The summed E-state index contributed by atoms with van der Waals surface area (Å²) >= 11 is 0. The lowest BCUT2D eigenvalue weighted by molar-refractivity contribution is -0.187. The third kappa shape index (κ3) is 9.88. The van der Waals surface area contributed by atoms with Crippen LogP contribution in [0.4, 0.5) is 4.79 Å². The Labute approximate surface area is 263 Å². The van der Waals surface area contributed by atoms with Gasteiger partial charge in [-0.25, -0.2) is 4.79 Å². The number of hydrogen-bond donors (Lipinski definition) is 1. The minimum atomic E-state index is -0.503. The summed E-state index contributed by atoms with van der Waals surface area (Å²) in [7, 11) is 0.